The predicted molar refractivity (Wildman–Crippen MR) is 106 cm³/mol. The zero-order valence-electron chi connectivity index (χ0n) is 15.2. The summed E-state index contributed by atoms with van der Waals surface area (Å²) in [5.74, 6) is 0.133. The van der Waals surface area contributed by atoms with Crippen molar-refractivity contribution >= 4 is 5.78 Å². The Morgan fingerprint density at radius 1 is 0.889 bits per heavy atom. The van der Waals surface area contributed by atoms with Crippen molar-refractivity contribution in [3.05, 3.63) is 102 Å². The van der Waals surface area contributed by atoms with Gasteiger partial charge in [-0.1, -0.05) is 72.8 Å². The quantitative estimate of drug-likeness (QED) is 0.536. The first kappa shape index (κ1) is 18.4. The van der Waals surface area contributed by atoms with E-state index >= 15 is 0 Å². The second kappa shape index (κ2) is 8.82. The SMILES string of the molecule is COc1ccc([C@@H](C#N)[C@@H](CC(=O)c2ccccc2)c2ccccc2)cc1. The van der Waals surface area contributed by atoms with Crippen LogP contribution in [-0.4, -0.2) is 12.9 Å². The van der Waals surface area contributed by atoms with Crippen LogP contribution >= 0.6 is 0 Å². The molecule has 0 aliphatic rings. The largest absolute Gasteiger partial charge is 0.497 e. The van der Waals surface area contributed by atoms with Crippen LogP contribution in [0.1, 0.15) is 39.7 Å². The number of nitriles is 1. The van der Waals surface area contributed by atoms with Gasteiger partial charge in [0.15, 0.2) is 5.78 Å². The number of rotatable bonds is 7. The van der Waals surface area contributed by atoms with E-state index in [0.717, 1.165) is 16.9 Å². The third-order valence-electron chi connectivity index (χ3n) is 4.75. The zero-order valence-corrected chi connectivity index (χ0v) is 15.2. The smallest absolute Gasteiger partial charge is 0.163 e. The number of benzene rings is 3. The Balaban J connectivity index is 1.95. The maximum Gasteiger partial charge on any atom is 0.163 e. The molecule has 3 heteroatoms. The Hall–Kier alpha value is -3.38. The molecule has 27 heavy (non-hydrogen) atoms. The topological polar surface area (TPSA) is 50.1 Å². The first-order valence-electron chi connectivity index (χ1n) is 8.89. The molecule has 3 rings (SSSR count). The number of hydrogen-bond donors (Lipinski definition) is 0. The highest BCUT2D eigenvalue weighted by molar-refractivity contribution is 5.96. The maximum atomic E-state index is 12.9. The Labute approximate surface area is 159 Å². The average molecular weight is 355 g/mol. The van der Waals surface area contributed by atoms with Crippen LogP contribution in [0.15, 0.2) is 84.9 Å². The van der Waals surface area contributed by atoms with Crippen molar-refractivity contribution in [1.82, 2.24) is 0 Å². The summed E-state index contributed by atoms with van der Waals surface area (Å²) in [4.78, 5) is 12.9. The molecule has 0 aliphatic carbocycles. The number of hydrogen-bond acceptors (Lipinski definition) is 3. The molecular weight excluding hydrogens is 334 g/mol. The van der Waals surface area contributed by atoms with Gasteiger partial charge >= 0.3 is 0 Å². The third-order valence-corrected chi connectivity index (χ3v) is 4.75. The Morgan fingerprint density at radius 3 is 2.04 bits per heavy atom. The van der Waals surface area contributed by atoms with Gasteiger partial charge in [0.05, 0.1) is 19.1 Å². The lowest BCUT2D eigenvalue weighted by Crippen LogP contribution is -2.15. The van der Waals surface area contributed by atoms with E-state index in [4.69, 9.17) is 4.74 Å². The van der Waals surface area contributed by atoms with Crippen LogP contribution in [0.25, 0.3) is 0 Å². The fourth-order valence-corrected chi connectivity index (χ4v) is 3.28. The van der Waals surface area contributed by atoms with E-state index in [0.29, 0.717) is 5.56 Å². The number of ether oxygens (including phenoxy) is 1. The lowest BCUT2D eigenvalue weighted by atomic mass is 9.78. The van der Waals surface area contributed by atoms with Crippen LogP contribution < -0.4 is 4.74 Å². The van der Waals surface area contributed by atoms with E-state index in [1.165, 1.54) is 0 Å². The Bertz CT molecular complexity index is 912. The molecular formula is C24H21NO2. The summed E-state index contributed by atoms with van der Waals surface area (Å²) in [5.41, 5.74) is 2.54. The van der Waals surface area contributed by atoms with Gasteiger partial charge in [0, 0.05) is 17.9 Å². The second-order valence-corrected chi connectivity index (χ2v) is 6.39. The number of nitrogens with zero attached hydrogens (tertiary/aromatic N) is 1. The minimum Gasteiger partial charge on any atom is -0.497 e. The van der Waals surface area contributed by atoms with Gasteiger partial charge < -0.3 is 4.74 Å². The minimum atomic E-state index is -0.425. The number of methoxy groups -OCH3 is 1. The summed E-state index contributed by atoms with van der Waals surface area (Å²) < 4.78 is 5.21. The molecule has 2 atom stereocenters. The highest BCUT2D eigenvalue weighted by Crippen LogP contribution is 2.36. The van der Waals surface area contributed by atoms with E-state index in [-0.39, 0.29) is 18.1 Å². The number of Topliss-reactive ketones (excluding diaryl/α,β-unsaturated/α-hetero) is 1. The second-order valence-electron chi connectivity index (χ2n) is 6.39. The van der Waals surface area contributed by atoms with Crippen LogP contribution in [0.3, 0.4) is 0 Å². The summed E-state index contributed by atoms with van der Waals surface area (Å²) in [7, 11) is 1.61. The third kappa shape index (κ3) is 4.43. The standard InChI is InChI=1S/C24H21NO2/c1-27-21-14-12-19(13-15-21)23(17-25)22(18-8-4-2-5-9-18)16-24(26)20-10-6-3-7-11-20/h2-15,22-23H,16H2,1H3/t22-,23+/m0/s1. The van der Waals surface area contributed by atoms with Crippen LogP contribution in [-0.2, 0) is 0 Å². The van der Waals surface area contributed by atoms with Gasteiger partial charge in [-0.05, 0) is 23.3 Å². The summed E-state index contributed by atoms with van der Waals surface area (Å²) >= 11 is 0. The van der Waals surface area contributed by atoms with Crippen LogP contribution in [0, 0.1) is 11.3 Å². The highest BCUT2D eigenvalue weighted by atomic mass is 16.5. The van der Waals surface area contributed by atoms with Crippen LogP contribution in [0.2, 0.25) is 0 Å². The molecule has 3 nitrogen and oxygen atoms in total. The summed E-state index contributed by atoms with van der Waals surface area (Å²) in [6.07, 6.45) is 0.276. The Morgan fingerprint density at radius 2 is 1.48 bits per heavy atom. The molecule has 0 amide bonds. The van der Waals surface area contributed by atoms with Gasteiger partial charge in [0.2, 0.25) is 0 Å². The predicted octanol–water partition coefficient (Wildman–Crippen LogP) is 5.36. The molecule has 3 aromatic carbocycles. The van der Waals surface area contributed by atoms with E-state index in [9.17, 15) is 10.1 Å². The monoisotopic (exact) mass is 355 g/mol. The van der Waals surface area contributed by atoms with E-state index in [1.807, 2.05) is 84.9 Å². The zero-order chi connectivity index (χ0) is 19.1. The van der Waals surface area contributed by atoms with E-state index in [1.54, 1.807) is 7.11 Å². The molecule has 0 fully saturated rings. The van der Waals surface area contributed by atoms with Gasteiger partial charge in [-0.15, -0.1) is 0 Å². The van der Waals surface area contributed by atoms with Crippen LogP contribution in [0.4, 0.5) is 0 Å². The number of carbonyl (C=O) groups excluding carboxylic acids is 1. The van der Waals surface area contributed by atoms with Crippen molar-refractivity contribution in [2.24, 2.45) is 0 Å². The van der Waals surface area contributed by atoms with Crippen molar-refractivity contribution in [3.63, 3.8) is 0 Å². The van der Waals surface area contributed by atoms with Crippen molar-refractivity contribution < 1.29 is 9.53 Å². The van der Waals surface area contributed by atoms with E-state index < -0.39 is 5.92 Å². The molecule has 134 valence electrons. The van der Waals surface area contributed by atoms with Crippen molar-refractivity contribution in [1.29, 1.82) is 5.26 Å². The average Bonchev–Trinajstić information content (AvgIpc) is 2.75. The highest BCUT2D eigenvalue weighted by Gasteiger charge is 2.27. The molecule has 0 spiro atoms. The molecule has 0 saturated heterocycles. The lowest BCUT2D eigenvalue weighted by molar-refractivity contribution is 0.0971. The molecule has 0 N–H and O–H groups in total. The molecule has 0 aromatic heterocycles. The fraction of sp³-hybridized carbons (Fsp3) is 0.167. The summed E-state index contributed by atoms with van der Waals surface area (Å²) in [6.45, 7) is 0. The van der Waals surface area contributed by atoms with Crippen molar-refractivity contribution in [2.45, 2.75) is 18.3 Å². The van der Waals surface area contributed by atoms with Crippen LogP contribution in [0.5, 0.6) is 5.75 Å². The number of carbonyl (C=O) groups is 1. The molecule has 0 heterocycles. The molecule has 0 saturated carbocycles. The molecule has 0 radical (unpaired) electrons. The molecule has 0 aliphatic heterocycles. The Kier molecular flexibility index (Phi) is 6.02. The van der Waals surface area contributed by atoms with Gasteiger partial charge in [-0.2, -0.15) is 5.26 Å². The normalized spacial score (nSPS) is 12.6. The van der Waals surface area contributed by atoms with Gasteiger partial charge in [0.25, 0.3) is 0 Å². The first-order valence-corrected chi connectivity index (χ1v) is 8.89. The van der Waals surface area contributed by atoms with Gasteiger partial charge in [-0.25, -0.2) is 0 Å². The first-order chi connectivity index (χ1) is 13.2. The lowest BCUT2D eigenvalue weighted by Gasteiger charge is -2.23. The molecule has 0 unspecified atom stereocenters. The van der Waals surface area contributed by atoms with E-state index in [2.05, 4.69) is 6.07 Å². The fourth-order valence-electron chi connectivity index (χ4n) is 3.28. The van der Waals surface area contributed by atoms with Gasteiger partial charge in [-0.3, -0.25) is 4.79 Å². The van der Waals surface area contributed by atoms with Gasteiger partial charge in [0.1, 0.15) is 5.75 Å². The number of ketones is 1. The maximum absolute atomic E-state index is 12.9. The summed E-state index contributed by atoms with van der Waals surface area (Å²) in [5, 5.41) is 9.93. The summed E-state index contributed by atoms with van der Waals surface area (Å²) in [6, 6.07) is 28.9. The molecule has 0 bridgehead atoms. The minimum absolute atomic E-state index is 0.0400. The van der Waals surface area contributed by atoms with Crippen molar-refractivity contribution in [2.75, 3.05) is 7.11 Å². The molecule has 3 aromatic rings. The van der Waals surface area contributed by atoms with Crippen molar-refractivity contribution in [3.8, 4) is 11.8 Å².